The molecule has 6 amide bonds. The Hall–Kier alpha value is -6.94. The molecule has 5 heterocycles. The van der Waals surface area contributed by atoms with Crippen LogP contribution in [0.25, 0.3) is 0 Å². The van der Waals surface area contributed by atoms with Gasteiger partial charge >= 0.3 is 24.2 Å². The zero-order chi connectivity index (χ0) is 74.4. The van der Waals surface area contributed by atoms with Crippen molar-refractivity contribution in [2.75, 3.05) is 20.6 Å². The van der Waals surface area contributed by atoms with Crippen molar-refractivity contribution in [3.8, 4) is 0 Å². The van der Waals surface area contributed by atoms with Crippen LogP contribution < -0.4 is 32.9 Å². The monoisotopic (exact) mass is 1960 g/mol. The molecule has 0 saturated heterocycles. The second kappa shape index (κ2) is 54.7. The van der Waals surface area contributed by atoms with Gasteiger partial charge in [0, 0.05) is 114 Å². The van der Waals surface area contributed by atoms with Gasteiger partial charge in [-0.2, -0.15) is 0 Å². The van der Waals surface area contributed by atoms with E-state index in [9.17, 15) is 28.8 Å². The summed E-state index contributed by atoms with van der Waals surface area (Å²) < 4.78 is 12.9. The first-order chi connectivity index (χ1) is 50.4. The third-order valence-corrected chi connectivity index (χ3v) is 21.1. The van der Waals surface area contributed by atoms with Crippen molar-refractivity contribution in [2.45, 2.75) is 188 Å². The fourth-order valence-corrected chi connectivity index (χ4v) is 14.4. The van der Waals surface area contributed by atoms with E-state index in [0.29, 0.717) is 95.7 Å². The SMILES string of the molecule is C.C.CC(C)c1nc(CN(C)C(=O)N[C@@H](CCN)C(=O)C[C@@H](CC[C@@H](Cc2ccccc2)NC(=O)OCc2cncs2)Cc2ccccc2)cs1.CC(C)c1nc(CN(C)C(=O)N[C@@H](CCn2ccnc2)C(=O)C[C@@H](CC[C@@H](Cc2ccccc2)NC(=O)OCc2cncs2)Cc2ccccc2)cs1.I.I.NO.[W]. The van der Waals surface area contributed by atoms with E-state index in [1.807, 2.05) is 119 Å². The molecule has 0 spiro atoms. The zero-order valence-electron chi connectivity index (χ0n) is 61.4. The first-order valence-electron chi connectivity index (χ1n) is 35.1. The predicted molar refractivity (Wildman–Crippen MR) is 454 cm³/mol. The van der Waals surface area contributed by atoms with Gasteiger partial charge in [0.25, 0.3) is 0 Å². The Bertz CT molecular complexity index is 3910. The van der Waals surface area contributed by atoms with Crippen molar-refractivity contribution in [1.29, 1.82) is 0 Å². The van der Waals surface area contributed by atoms with E-state index >= 15 is 0 Å². The number of aromatic nitrogens is 6. The number of Topliss-reactive ketones (excluding diaryl/α,β-unsaturated/α-hetero) is 2. The van der Waals surface area contributed by atoms with Crippen molar-refractivity contribution in [3.05, 3.63) is 228 Å². The number of hydrogen-bond donors (Lipinski definition) is 7. The normalized spacial score (nSPS) is 12.2. The number of carbonyl (C=O) groups excluding carboxylic acids is 6. The van der Waals surface area contributed by atoms with Crippen molar-refractivity contribution < 1.29 is 64.5 Å². The molecule has 6 atom stereocenters. The summed E-state index contributed by atoms with van der Waals surface area (Å²) in [6.45, 7) is 10.2. The number of benzene rings is 4. The largest absolute Gasteiger partial charge is 0.444 e. The number of ketones is 2. The maximum Gasteiger partial charge on any atom is 0.407 e. The molecular formula is C79H110I2N14O9S4W. The van der Waals surface area contributed by atoms with E-state index in [2.05, 4.69) is 104 Å². The number of nitrogens with two attached hydrogens (primary N) is 2. The van der Waals surface area contributed by atoms with Crippen LogP contribution in [0.3, 0.4) is 0 Å². The number of hydrogen-bond acceptors (Lipinski definition) is 20. The predicted octanol–water partition coefficient (Wildman–Crippen LogP) is 16.2. The summed E-state index contributed by atoms with van der Waals surface area (Å²) in [5.41, 5.74) is 15.4. The van der Waals surface area contributed by atoms with Crippen LogP contribution in [0, 0.1) is 11.8 Å². The molecule has 0 unspecified atom stereocenters. The van der Waals surface area contributed by atoms with E-state index in [4.69, 9.17) is 20.4 Å². The maximum atomic E-state index is 14.2. The number of alkyl carbamates (subject to hydrolysis) is 2. The number of carbonyl (C=O) groups is 6. The van der Waals surface area contributed by atoms with Crippen molar-refractivity contribution in [2.24, 2.45) is 23.5 Å². The van der Waals surface area contributed by atoms with Crippen LogP contribution in [0.15, 0.2) is 174 Å². The number of halogens is 2. The van der Waals surface area contributed by atoms with Crippen LogP contribution in [0.1, 0.15) is 159 Å². The molecule has 594 valence electrons. The number of rotatable bonds is 39. The number of imidazole rings is 1. The number of nitrogens with one attached hydrogen (secondary N) is 4. The first-order valence-corrected chi connectivity index (χ1v) is 38.6. The van der Waals surface area contributed by atoms with Crippen LogP contribution in [0.4, 0.5) is 19.2 Å². The molecule has 0 fully saturated rings. The van der Waals surface area contributed by atoms with Crippen LogP contribution in [0.5, 0.6) is 0 Å². The van der Waals surface area contributed by atoms with Crippen LogP contribution in [0.2, 0.25) is 0 Å². The van der Waals surface area contributed by atoms with Crippen molar-refractivity contribution in [1.82, 2.24) is 60.6 Å². The number of aryl methyl sites for hydroxylation is 1. The van der Waals surface area contributed by atoms with Gasteiger partial charge in [0.2, 0.25) is 0 Å². The van der Waals surface area contributed by atoms with E-state index in [1.54, 1.807) is 82.5 Å². The van der Waals surface area contributed by atoms with E-state index in [1.165, 1.54) is 22.7 Å². The first kappa shape index (κ1) is 98.1. The van der Waals surface area contributed by atoms with Gasteiger partial charge in [0.05, 0.1) is 73.7 Å². The van der Waals surface area contributed by atoms with E-state index in [-0.39, 0.29) is 164 Å². The molecule has 0 saturated carbocycles. The third-order valence-electron chi connectivity index (χ3n) is 17.2. The fraction of sp³-hybridized carbons (Fsp3) is 0.430. The summed E-state index contributed by atoms with van der Waals surface area (Å²) in [5.74, 6) is 3.99. The molecule has 0 bridgehead atoms. The third kappa shape index (κ3) is 36.8. The van der Waals surface area contributed by atoms with Crippen molar-refractivity contribution in [3.63, 3.8) is 0 Å². The topological polar surface area (TPSA) is 317 Å². The van der Waals surface area contributed by atoms with Gasteiger partial charge in [0.1, 0.15) is 13.2 Å². The molecule has 0 aliphatic heterocycles. The van der Waals surface area contributed by atoms with Gasteiger partial charge in [-0.25, -0.2) is 40.0 Å². The number of thiazole rings is 4. The molecule has 4 aromatic carbocycles. The number of amides is 6. The molecule has 0 radical (unpaired) electrons. The van der Waals surface area contributed by atoms with Crippen LogP contribution >= 0.6 is 93.3 Å². The van der Waals surface area contributed by atoms with E-state index in [0.717, 1.165) is 53.4 Å². The fourth-order valence-electron chi connectivity index (χ4n) is 11.7. The van der Waals surface area contributed by atoms with Gasteiger partial charge < -0.3 is 56.0 Å². The quantitative estimate of drug-likeness (QED) is 0.0139. The molecule has 9 rings (SSSR count). The molecule has 23 nitrogen and oxygen atoms in total. The summed E-state index contributed by atoms with van der Waals surface area (Å²) in [7, 11) is 3.43. The Morgan fingerprint density at radius 1 is 0.514 bits per heavy atom. The molecule has 9 aromatic rings. The average molecular weight is 1970 g/mol. The maximum absolute atomic E-state index is 14.2. The van der Waals surface area contributed by atoms with Gasteiger partial charge in [-0.1, -0.05) is 164 Å². The second-order valence-electron chi connectivity index (χ2n) is 26.3. The van der Waals surface area contributed by atoms with Crippen LogP contribution in [-0.4, -0.2) is 125 Å². The number of urea groups is 2. The average Bonchev–Trinajstić information content (AvgIpc) is 1.85. The number of nitrogens with zero attached hydrogens (tertiary/aromatic N) is 8. The second-order valence-corrected chi connectivity index (χ2v) is 30.0. The molecule has 0 aliphatic carbocycles. The van der Waals surface area contributed by atoms with E-state index < -0.39 is 24.3 Å². The Morgan fingerprint density at radius 2 is 0.890 bits per heavy atom. The minimum absolute atomic E-state index is 0. The van der Waals surface area contributed by atoms with Gasteiger partial charge in [-0.15, -0.1) is 93.3 Å². The molecule has 9 N–H and O–H groups in total. The smallest absolute Gasteiger partial charge is 0.407 e. The Balaban J connectivity index is 0.000000694. The van der Waals surface area contributed by atoms with Crippen molar-refractivity contribution >= 4 is 129 Å². The Kier molecular flexibility index (Phi) is 49.2. The summed E-state index contributed by atoms with van der Waals surface area (Å²) in [6, 6.07) is 37.8. The standard InChI is InChI=1S/C40H49N7O4S2.C37H48N6O4S2.2CH4.2HI.H3NO.W/c1-29(2)38-43-34(26-52-38)24-46(3)39(49)45-36(16-18-47-19-17-41-27-47)37(48)22-32(20-30-10-6-4-7-11-30)14-15-33(21-31-12-8-5-9-13-31)44-40(50)51-25-35-23-42-28-53-35;1-26(2)35-40-31(24-48-35)22-43(3)36(45)42-33(16-17-38)34(44)20-29(18-27-10-6-4-7-11-27)14-15-30(19-28-12-8-5-9-13-28)41-37(46)47-23-32-21-39-25-49-32;;;;;1-2;/h4-13,17,19,23,26-29,32-33,36H,14-16,18,20-22,24-25H2,1-3H3,(H,44,50)(H,45,49);4-13,21,24-26,29-30,33H,14-20,22-23,38H2,1-3H3,(H,41,46)(H,42,45);2*1H4;2*1H;2H,1H2;/t32-,33-,36-;29-,30-,33-;;;;;;/m00....../s1. The minimum Gasteiger partial charge on any atom is -0.444 e. The number of ether oxygens (including phenoxy) is 2. The van der Waals surface area contributed by atoms with Gasteiger partial charge in [-0.05, 0) is 105 Å². The molecule has 0 aliphatic rings. The molecular weight excluding hydrogens is 1850 g/mol. The van der Waals surface area contributed by atoms with Gasteiger partial charge in [-0.3, -0.25) is 19.6 Å². The Labute approximate surface area is 708 Å². The molecule has 5 aromatic heterocycles. The molecule has 109 heavy (non-hydrogen) atoms. The Morgan fingerprint density at radius 3 is 1.22 bits per heavy atom. The zero-order valence-corrected chi connectivity index (χ0v) is 72.3. The minimum atomic E-state index is -0.708. The summed E-state index contributed by atoms with van der Waals surface area (Å²) in [5, 5.41) is 24.6. The molecule has 30 heteroatoms. The summed E-state index contributed by atoms with van der Waals surface area (Å²) >= 11 is 6.04. The van der Waals surface area contributed by atoms with Gasteiger partial charge in [0.15, 0.2) is 11.6 Å². The summed E-state index contributed by atoms with van der Waals surface area (Å²) in [4.78, 5) is 107. The summed E-state index contributed by atoms with van der Waals surface area (Å²) in [6.07, 6.45) is 14.2. The van der Waals surface area contributed by atoms with Crippen LogP contribution in [-0.2, 0) is 98.7 Å².